The second-order valence-electron chi connectivity index (χ2n) is 4.06. The highest BCUT2D eigenvalue weighted by molar-refractivity contribution is 7.13. The molecule has 2 N–H and O–H groups in total. The number of rotatable bonds is 5. The van der Waals surface area contributed by atoms with E-state index < -0.39 is 5.82 Å². The Morgan fingerprint density at radius 1 is 1.24 bits per heavy atom. The molecule has 0 bridgehead atoms. The predicted octanol–water partition coefficient (Wildman–Crippen LogP) is 3.29. The highest BCUT2D eigenvalue weighted by atomic mass is 35.5. The number of halogens is 2. The van der Waals surface area contributed by atoms with E-state index in [0.717, 1.165) is 6.07 Å². The number of nitrogens with zero attached hydrogens (tertiary/aromatic N) is 1. The lowest BCUT2D eigenvalue weighted by Gasteiger charge is -2.06. The first-order valence-corrected chi connectivity index (χ1v) is 7.24. The van der Waals surface area contributed by atoms with Crippen LogP contribution in [0.25, 0.3) is 0 Å². The minimum atomic E-state index is -0.558. The van der Waals surface area contributed by atoms with E-state index in [4.69, 9.17) is 11.6 Å². The van der Waals surface area contributed by atoms with Crippen LogP contribution >= 0.6 is 22.9 Å². The Morgan fingerprint density at radius 2 is 1.95 bits per heavy atom. The summed E-state index contributed by atoms with van der Waals surface area (Å²) in [4.78, 5) is 27.2. The van der Waals surface area contributed by atoms with Crippen molar-refractivity contribution in [2.45, 2.75) is 12.8 Å². The van der Waals surface area contributed by atoms with Crippen molar-refractivity contribution in [2.75, 3.05) is 10.6 Å². The Kier molecular flexibility index (Phi) is 5.24. The molecule has 1 aromatic carbocycles. The number of carbonyl (C=O) groups is 2. The molecule has 1 heterocycles. The van der Waals surface area contributed by atoms with Gasteiger partial charge in [0.25, 0.3) is 0 Å². The smallest absolute Gasteiger partial charge is 0.226 e. The summed E-state index contributed by atoms with van der Waals surface area (Å²) in [6.07, 6.45) is 1.61. The molecule has 2 rings (SSSR count). The molecule has 2 aromatic rings. The molecule has 0 spiro atoms. The van der Waals surface area contributed by atoms with Crippen LogP contribution in [0.2, 0.25) is 5.02 Å². The number of nitrogens with one attached hydrogen (secondary N) is 2. The van der Waals surface area contributed by atoms with E-state index in [-0.39, 0.29) is 29.7 Å². The largest absolute Gasteiger partial charge is 0.326 e. The van der Waals surface area contributed by atoms with E-state index in [2.05, 4.69) is 15.6 Å². The van der Waals surface area contributed by atoms with Crippen molar-refractivity contribution in [3.63, 3.8) is 0 Å². The standard InChI is InChI=1S/C13H11ClFN3O2S/c14-9-7-8(1-2-10(9)15)17-11(19)3-4-12(20)18-13-16-5-6-21-13/h1-2,5-7H,3-4H2,(H,17,19)(H,16,18,20). The van der Waals surface area contributed by atoms with Crippen molar-refractivity contribution < 1.29 is 14.0 Å². The summed E-state index contributed by atoms with van der Waals surface area (Å²) in [6.45, 7) is 0. The van der Waals surface area contributed by atoms with Gasteiger partial charge in [0, 0.05) is 30.1 Å². The van der Waals surface area contributed by atoms with Gasteiger partial charge in [0.1, 0.15) is 5.82 Å². The fraction of sp³-hybridized carbons (Fsp3) is 0.154. The van der Waals surface area contributed by atoms with Crippen LogP contribution in [-0.4, -0.2) is 16.8 Å². The summed E-state index contributed by atoms with van der Waals surface area (Å²) in [6, 6.07) is 3.87. The average molecular weight is 328 g/mol. The maximum Gasteiger partial charge on any atom is 0.226 e. The molecule has 8 heteroatoms. The molecule has 0 saturated carbocycles. The molecule has 0 saturated heterocycles. The third kappa shape index (κ3) is 4.80. The number of amides is 2. The van der Waals surface area contributed by atoms with Gasteiger partial charge in [-0.05, 0) is 18.2 Å². The highest BCUT2D eigenvalue weighted by Gasteiger charge is 2.09. The minimum absolute atomic E-state index is 0.00615. The van der Waals surface area contributed by atoms with Gasteiger partial charge in [0.05, 0.1) is 5.02 Å². The van der Waals surface area contributed by atoms with Crippen LogP contribution in [0.15, 0.2) is 29.8 Å². The maximum absolute atomic E-state index is 13.0. The second-order valence-corrected chi connectivity index (χ2v) is 5.36. The van der Waals surface area contributed by atoms with Crippen LogP contribution < -0.4 is 10.6 Å². The Hall–Kier alpha value is -1.99. The van der Waals surface area contributed by atoms with Crippen molar-refractivity contribution in [2.24, 2.45) is 0 Å². The van der Waals surface area contributed by atoms with Gasteiger partial charge in [-0.15, -0.1) is 11.3 Å². The van der Waals surface area contributed by atoms with Gasteiger partial charge in [-0.2, -0.15) is 0 Å². The molecular weight excluding hydrogens is 317 g/mol. The lowest BCUT2D eigenvalue weighted by molar-refractivity contribution is -0.121. The minimum Gasteiger partial charge on any atom is -0.326 e. The van der Waals surface area contributed by atoms with Crippen LogP contribution in [0, 0.1) is 5.82 Å². The molecule has 0 unspecified atom stereocenters. The molecule has 0 radical (unpaired) electrons. The first-order valence-electron chi connectivity index (χ1n) is 5.99. The molecule has 1 aromatic heterocycles. The molecular formula is C13H11ClFN3O2S. The third-order valence-corrected chi connectivity index (χ3v) is 3.44. The van der Waals surface area contributed by atoms with Gasteiger partial charge in [-0.25, -0.2) is 9.37 Å². The molecule has 0 aliphatic carbocycles. The maximum atomic E-state index is 13.0. The van der Waals surface area contributed by atoms with Crippen molar-refractivity contribution in [1.29, 1.82) is 0 Å². The summed E-state index contributed by atoms with van der Waals surface area (Å²) in [5.41, 5.74) is 0.381. The number of hydrogen-bond acceptors (Lipinski definition) is 4. The summed E-state index contributed by atoms with van der Waals surface area (Å²) < 4.78 is 13.0. The van der Waals surface area contributed by atoms with E-state index in [1.54, 1.807) is 11.6 Å². The zero-order valence-corrected chi connectivity index (χ0v) is 12.3. The molecule has 0 atom stereocenters. The number of benzene rings is 1. The zero-order valence-electron chi connectivity index (χ0n) is 10.7. The third-order valence-electron chi connectivity index (χ3n) is 2.46. The van der Waals surface area contributed by atoms with Gasteiger partial charge < -0.3 is 10.6 Å². The lowest BCUT2D eigenvalue weighted by Crippen LogP contribution is -2.17. The van der Waals surface area contributed by atoms with Gasteiger partial charge in [0.15, 0.2) is 5.13 Å². The summed E-state index contributed by atoms with van der Waals surface area (Å²) in [5, 5.41) is 7.27. The predicted molar refractivity (Wildman–Crippen MR) is 80.0 cm³/mol. The van der Waals surface area contributed by atoms with Gasteiger partial charge in [0.2, 0.25) is 11.8 Å². The van der Waals surface area contributed by atoms with Crippen molar-refractivity contribution in [1.82, 2.24) is 4.98 Å². The van der Waals surface area contributed by atoms with Crippen LogP contribution in [0.4, 0.5) is 15.2 Å². The van der Waals surface area contributed by atoms with Crippen LogP contribution in [0.5, 0.6) is 0 Å². The number of carbonyl (C=O) groups excluding carboxylic acids is 2. The van der Waals surface area contributed by atoms with E-state index >= 15 is 0 Å². The fourth-order valence-corrected chi connectivity index (χ4v) is 2.22. The Bertz CT molecular complexity index is 649. The number of hydrogen-bond donors (Lipinski definition) is 2. The van der Waals surface area contributed by atoms with E-state index in [1.165, 1.54) is 23.5 Å². The van der Waals surface area contributed by atoms with Crippen molar-refractivity contribution >= 4 is 45.6 Å². The average Bonchev–Trinajstić information content (AvgIpc) is 2.93. The molecule has 0 aliphatic rings. The fourth-order valence-electron chi connectivity index (χ4n) is 1.49. The normalized spacial score (nSPS) is 10.2. The van der Waals surface area contributed by atoms with Crippen LogP contribution in [0.1, 0.15) is 12.8 Å². The van der Waals surface area contributed by atoms with Gasteiger partial charge in [-0.3, -0.25) is 9.59 Å². The first-order chi connectivity index (χ1) is 10.0. The molecule has 2 amide bonds. The first kappa shape index (κ1) is 15.4. The van der Waals surface area contributed by atoms with E-state index in [0.29, 0.717) is 10.8 Å². The van der Waals surface area contributed by atoms with Crippen molar-refractivity contribution in [3.8, 4) is 0 Å². The zero-order chi connectivity index (χ0) is 15.2. The lowest BCUT2D eigenvalue weighted by atomic mass is 10.2. The molecule has 21 heavy (non-hydrogen) atoms. The number of thiazole rings is 1. The summed E-state index contributed by atoms with van der Waals surface area (Å²) >= 11 is 6.91. The number of aromatic nitrogens is 1. The SMILES string of the molecule is O=C(CCC(=O)Nc1nccs1)Nc1ccc(F)c(Cl)c1. The Balaban J connectivity index is 1.79. The summed E-state index contributed by atoms with van der Waals surface area (Å²) in [7, 11) is 0. The monoisotopic (exact) mass is 327 g/mol. The topological polar surface area (TPSA) is 71.1 Å². The summed E-state index contributed by atoms with van der Waals surface area (Å²) in [5.74, 6) is -1.21. The Morgan fingerprint density at radius 3 is 2.57 bits per heavy atom. The van der Waals surface area contributed by atoms with E-state index in [9.17, 15) is 14.0 Å². The molecule has 110 valence electrons. The quantitative estimate of drug-likeness (QED) is 0.885. The number of anilines is 2. The molecule has 0 aliphatic heterocycles. The highest BCUT2D eigenvalue weighted by Crippen LogP contribution is 2.19. The van der Waals surface area contributed by atoms with E-state index in [1.807, 2.05) is 0 Å². The van der Waals surface area contributed by atoms with Gasteiger partial charge in [-0.1, -0.05) is 11.6 Å². The van der Waals surface area contributed by atoms with Crippen molar-refractivity contribution in [3.05, 3.63) is 40.6 Å². The Labute approximate surface area is 129 Å². The van der Waals surface area contributed by atoms with Crippen LogP contribution in [0.3, 0.4) is 0 Å². The molecule has 5 nitrogen and oxygen atoms in total. The van der Waals surface area contributed by atoms with Gasteiger partial charge >= 0.3 is 0 Å². The van der Waals surface area contributed by atoms with Crippen LogP contribution in [-0.2, 0) is 9.59 Å². The molecule has 0 fully saturated rings. The second kappa shape index (κ2) is 7.14.